The molecule has 0 fully saturated rings. The molecule has 202 valence electrons. The molecule has 0 bridgehead atoms. The Morgan fingerprint density at radius 3 is 2.67 bits per heavy atom. The summed E-state index contributed by atoms with van der Waals surface area (Å²) < 4.78 is 42.2. The minimum atomic E-state index is -4.68. The molecule has 12 heteroatoms. The zero-order valence-electron chi connectivity index (χ0n) is 21.9. The van der Waals surface area contributed by atoms with Gasteiger partial charge in [0, 0.05) is 30.4 Å². The van der Waals surface area contributed by atoms with E-state index < -0.39 is 23.7 Å². The minimum Gasteiger partial charge on any atom is -0.324 e. The van der Waals surface area contributed by atoms with Crippen LogP contribution in [0.4, 0.5) is 24.8 Å². The first-order chi connectivity index (χ1) is 18.3. The zero-order chi connectivity index (χ0) is 28.2. The van der Waals surface area contributed by atoms with E-state index in [0.29, 0.717) is 22.6 Å². The molecule has 1 aliphatic heterocycles. The Labute approximate surface area is 222 Å². The van der Waals surface area contributed by atoms with Gasteiger partial charge in [-0.3, -0.25) is 4.79 Å². The van der Waals surface area contributed by atoms with Crippen molar-refractivity contribution >= 4 is 22.7 Å². The van der Waals surface area contributed by atoms with Crippen molar-refractivity contribution in [3.05, 3.63) is 69.8 Å². The number of nitrogens with zero attached hydrogens (tertiary/aromatic N) is 6. The smallest absolute Gasteiger partial charge is 0.324 e. The third-order valence-corrected chi connectivity index (χ3v) is 6.85. The maximum atomic E-state index is 13.5. The monoisotopic (exact) mass is 536 g/mol. The van der Waals surface area contributed by atoms with Gasteiger partial charge < -0.3 is 10.6 Å². The first-order valence-electron chi connectivity index (χ1n) is 12.3. The number of benzene rings is 1. The van der Waals surface area contributed by atoms with Crippen LogP contribution < -0.4 is 16.2 Å². The highest BCUT2D eigenvalue weighted by Crippen LogP contribution is 2.32. The van der Waals surface area contributed by atoms with Gasteiger partial charge >= 0.3 is 6.18 Å². The molecule has 0 aliphatic carbocycles. The summed E-state index contributed by atoms with van der Waals surface area (Å²) in [5.41, 5.74) is 1.41. The van der Waals surface area contributed by atoms with Gasteiger partial charge in [0.05, 0.1) is 17.2 Å². The third kappa shape index (κ3) is 4.97. The molecule has 2 N–H and O–H groups in total. The summed E-state index contributed by atoms with van der Waals surface area (Å²) >= 11 is 0. The lowest BCUT2D eigenvalue weighted by atomic mass is 9.79. The molecule has 0 amide bonds. The summed E-state index contributed by atoms with van der Waals surface area (Å²) in [5, 5.41) is 16.0. The van der Waals surface area contributed by atoms with Crippen LogP contribution in [0.3, 0.4) is 0 Å². The summed E-state index contributed by atoms with van der Waals surface area (Å²) in [6.45, 7) is 7.63. The molecule has 1 aromatic carbocycles. The van der Waals surface area contributed by atoms with E-state index in [1.165, 1.54) is 17.8 Å². The van der Waals surface area contributed by atoms with Crippen molar-refractivity contribution in [2.24, 2.45) is 0 Å². The summed E-state index contributed by atoms with van der Waals surface area (Å²) in [4.78, 5) is 26.2. The van der Waals surface area contributed by atoms with Gasteiger partial charge in [-0.2, -0.15) is 23.4 Å². The lowest BCUT2D eigenvalue weighted by Gasteiger charge is -2.33. The largest absolute Gasteiger partial charge is 0.408 e. The number of fused-ring (bicyclic) bond motifs is 2. The average molecular weight is 537 g/mol. The van der Waals surface area contributed by atoms with E-state index in [9.17, 15) is 23.2 Å². The highest BCUT2D eigenvalue weighted by molar-refractivity contribution is 5.77. The second-order valence-corrected chi connectivity index (χ2v) is 10.8. The van der Waals surface area contributed by atoms with E-state index in [-0.39, 0.29) is 28.2 Å². The maximum absolute atomic E-state index is 13.5. The van der Waals surface area contributed by atoms with Crippen LogP contribution in [0.2, 0.25) is 0 Å². The van der Waals surface area contributed by atoms with Crippen LogP contribution in [0.15, 0.2) is 47.4 Å². The zero-order valence-corrected chi connectivity index (χ0v) is 21.9. The predicted molar refractivity (Wildman–Crippen MR) is 140 cm³/mol. The van der Waals surface area contributed by atoms with Crippen molar-refractivity contribution in [2.75, 3.05) is 11.9 Å². The molecule has 9 nitrogen and oxygen atoms in total. The first-order valence-corrected chi connectivity index (χ1v) is 12.3. The van der Waals surface area contributed by atoms with Gasteiger partial charge in [-0.05, 0) is 49.2 Å². The minimum absolute atomic E-state index is 0.0268. The number of aromatic nitrogens is 5. The molecular weight excluding hydrogens is 509 g/mol. The number of halogens is 3. The maximum Gasteiger partial charge on any atom is 0.408 e. The van der Waals surface area contributed by atoms with E-state index in [4.69, 9.17) is 0 Å². The van der Waals surface area contributed by atoms with E-state index in [0.717, 1.165) is 16.8 Å². The average Bonchev–Trinajstić information content (AvgIpc) is 3.13. The fourth-order valence-corrected chi connectivity index (χ4v) is 4.79. The quantitative estimate of drug-likeness (QED) is 0.387. The number of anilines is 2. The molecule has 0 saturated carbocycles. The fraction of sp³-hybridized carbons (Fsp3) is 0.370. The van der Waals surface area contributed by atoms with Gasteiger partial charge in [-0.1, -0.05) is 26.0 Å². The molecule has 0 radical (unpaired) electrons. The molecule has 5 rings (SSSR count). The van der Waals surface area contributed by atoms with E-state index in [1.807, 2.05) is 18.2 Å². The van der Waals surface area contributed by atoms with Crippen molar-refractivity contribution < 1.29 is 13.2 Å². The van der Waals surface area contributed by atoms with Crippen molar-refractivity contribution in [3.8, 4) is 11.9 Å². The van der Waals surface area contributed by atoms with E-state index in [1.54, 1.807) is 26.0 Å². The lowest BCUT2D eigenvalue weighted by Crippen LogP contribution is -2.38. The van der Waals surface area contributed by atoms with Gasteiger partial charge in [0.15, 0.2) is 11.5 Å². The molecule has 0 spiro atoms. The molecule has 1 aliphatic rings. The van der Waals surface area contributed by atoms with Gasteiger partial charge in [-0.25, -0.2) is 19.3 Å². The Morgan fingerprint density at radius 1 is 1.18 bits per heavy atom. The van der Waals surface area contributed by atoms with Gasteiger partial charge in [0.25, 0.3) is 5.56 Å². The van der Waals surface area contributed by atoms with Crippen molar-refractivity contribution in [3.63, 3.8) is 0 Å². The Hall–Kier alpha value is -4.24. The second-order valence-electron chi connectivity index (χ2n) is 10.8. The Bertz CT molecular complexity index is 1680. The molecule has 39 heavy (non-hydrogen) atoms. The van der Waals surface area contributed by atoms with Crippen molar-refractivity contribution in [1.82, 2.24) is 29.6 Å². The highest BCUT2D eigenvalue weighted by Gasteiger charge is 2.33. The van der Waals surface area contributed by atoms with Crippen LogP contribution in [0, 0.1) is 11.3 Å². The third-order valence-electron chi connectivity index (χ3n) is 6.85. The molecule has 0 unspecified atom stereocenters. The van der Waals surface area contributed by atoms with Crippen LogP contribution in [0.1, 0.15) is 44.5 Å². The SMILES string of the molecule is CC(C)(C#N)c1cccc(-n2c3nc(Nc4ccc5c(c4)CNCC5(C)C)ncc3c(=O)n2CC(F)(F)F)n1. The van der Waals surface area contributed by atoms with E-state index >= 15 is 0 Å². The van der Waals surface area contributed by atoms with Crippen LogP contribution >= 0.6 is 0 Å². The number of nitrogens with one attached hydrogen (secondary N) is 2. The summed E-state index contributed by atoms with van der Waals surface area (Å²) in [6, 6.07) is 12.7. The van der Waals surface area contributed by atoms with Crippen LogP contribution in [-0.4, -0.2) is 37.0 Å². The fourth-order valence-electron chi connectivity index (χ4n) is 4.79. The van der Waals surface area contributed by atoms with Crippen molar-refractivity contribution in [1.29, 1.82) is 5.26 Å². The number of hydrogen-bond donors (Lipinski definition) is 2. The number of hydrogen-bond acceptors (Lipinski definition) is 7. The standard InChI is InChI=1S/C27H27F3N8O/c1-25(2,13-31)20-6-5-7-21(35-20)38-22-18(23(39)37(38)15-27(28,29)30)12-33-24(36-22)34-17-8-9-19-16(10-17)11-32-14-26(19,3)4/h5-10,12,32H,11,14-15H2,1-4H3,(H,33,34,36). The molecular formula is C27H27F3N8O. The van der Waals surface area contributed by atoms with Crippen LogP contribution in [0.25, 0.3) is 16.9 Å². The topological polar surface area (TPSA) is 113 Å². The first kappa shape index (κ1) is 26.4. The molecule has 0 atom stereocenters. The van der Waals surface area contributed by atoms with Gasteiger partial charge in [0.1, 0.15) is 11.9 Å². The van der Waals surface area contributed by atoms with Gasteiger partial charge in [-0.15, -0.1) is 0 Å². The molecule has 4 aromatic rings. The number of pyridine rings is 1. The summed E-state index contributed by atoms with van der Waals surface area (Å²) in [5.74, 6) is 0.135. The van der Waals surface area contributed by atoms with Crippen LogP contribution in [-0.2, 0) is 23.9 Å². The molecule has 4 heterocycles. The normalized spacial score (nSPS) is 15.1. The number of alkyl halides is 3. The van der Waals surface area contributed by atoms with E-state index in [2.05, 4.69) is 45.5 Å². The highest BCUT2D eigenvalue weighted by atomic mass is 19.4. The molecule has 0 saturated heterocycles. The Kier molecular flexibility index (Phi) is 6.22. The summed E-state index contributed by atoms with van der Waals surface area (Å²) in [7, 11) is 0. The molecule has 3 aromatic heterocycles. The van der Waals surface area contributed by atoms with Crippen LogP contribution in [0.5, 0.6) is 0 Å². The van der Waals surface area contributed by atoms with Gasteiger partial charge in [0.2, 0.25) is 5.95 Å². The van der Waals surface area contributed by atoms with Crippen molar-refractivity contribution in [2.45, 2.75) is 57.8 Å². The number of rotatable bonds is 5. The Balaban J connectivity index is 1.63. The lowest BCUT2D eigenvalue weighted by molar-refractivity contribution is -0.144. The predicted octanol–water partition coefficient (Wildman–Crippen LogP) is 4.47. The summed E-state index contributed by atoms with van der Waals surface area (Å²) in [6.07, 6.45) is -3.47. The second kappa shape index (κ2) is 9.20. The Morgan fingerprint density at radius 2 is 1.95 bits per heavy atom. The number of nitriles is 1.